The van der Waals surface area contributed by atoms with Gasteiger partial charge in [-0.3, -0.25) is 4.79 Å². The Balaban J connectivity index is 0.00000208. The fourth-order valence-corrected chi connectivity index (χ4v) is 3.43. The lowest BCUT2D eigenvalue weighted by Crippen LogP contribution is -2.32. The van der Waals surface area contributed by atoms with Crippen LogP contribution in [-0.2, 0) is 13.0 Å². The van der Waals surface area contributed by atoms with Crippen LogP contribution in [0.15, 0.2) is 23.6 Å². The Kier molecular flexibility index (Phi) is 6.38. The average Bonchev–Trinajstić information content (AvgIpc) is 3.27. The quantitative estimate of drug-likeness (QED) is 0.852. The van der Waals surface area contributed by atoms with Gasteiger partial charge in [0.05, 0.1) is 5.01 Å². The van der Waals surface area contributed by atoms with Crippen LogP contribution in [0.25, 0.3) is 0 Å². The first-order valence-corrected chi connectivity index (χ1v) is 8.98. The van der Waals surface area contributed by atoms with Crippen LogP contribution in [0.1, 0.15) is 45.0 Å². The summed E-state index contributed by atoms with van der Waals surface area (Å²) in [6.45, 7) is 5.45. The number of hydrogen-bond acceptors (Lipinski definition) is 4. The first-order chi connectivity index (χ1) is 11.1. The van der Waals surface area contributed by atoms with Crippen LogP contribution >= 0.6 is 23.7 Å². The molecule has 0 atom stereocenters. The molecule has 1 aliphatic rings. The van der Waals surface area contributed by atoms with Crippen molar-refractivity contribution in [1.82, 2.24) is 9.88 Å². The fourth-order valence-electron chi connectivity index (χ4n) is 2.65. The van der Waals surface area contributed by atoms with Crippen LogP contribution in [0.3, 0.4) is 0 Å². The summed E-state index contributed by atoms with van der Waals surface area (Å²) in [5.41, 5.74) is 9.86. The number of nitrogens with two attached hydrogens (primary N) is 1. The molecular weight excluding hydrogens is 342 g/mol. The number of benzene rings is 1. The van der Waals surface area contributed by atoms with E-state index in [9.17, 15) is 4.79 Å². The van der Waals surface area contributed by atoms with E-state index >= 15 is 0 Å². The predicted molar refractivity (Wildman–Crippen MR) is 101 cm³/mol. The number of amides is 1. The predicted octanol–water partition coefficient (Wildman–Crippen LogP) is 3.49. The standard InChI is InChI=1S/C18H23N3OS.ClH/c1-12-3-4-14(9-13(12)2)10-21(15-5-6-15)18(22)16-11-23-17(20-16)7-8-19;/h3-4,9,11,15H,5-8,10,19H2,1-2H3;1H. The minimum atomic E-state index is 0. The molecule has 24 heavy (non-hydrogen) atoms. The van der Waals surface area contributed by atoms with Gasteiger partial charge in [-0.25, -0.2) is 4.98 Å². The molecule has 1 amide bonds. The van der Waals surface area contributed by atoms with Gasteiger partial charge in [-0.05, 0) is 49.9 Å². The fraction of sp³-hybridized carbons (Fsp3) is 0.444. The molecule has 3 rings (SSSR count). The maximum atomic E-state index is 12.8. The third-order valence-corrected chi connectivity index (χ3v) is 5.21. The van der Waals surface area contributed by atoms with Crippen LogP contribution in [0.2, 0.25) is 0 Å². The van der Waals surface area contributed by atoms with Gasteiger partial charge in [-0.1, -0.05) is 18.2 Å². The van der Waals surface area contributed by atoms with E-state index in [1.807, 2.05) is 10.3 Å². The molecule has 4 nitrogen and oxygen atoms in total. The van der Waals surface area contributed by atoms with Crippen molar-refractivity contribution in [2.75, 3.05) is 6.54 Å². The molecule has 1 fully saturated rings. The van der Waals surface area contributed by atoms with Crippen molar-refractivity contribution in [3.8, 4) is 0 Å². The van der Waals surface area contributed by atoms with Gasteiger partial charge in [0, 0.05) is 24.4 Å². The second-order valence-corrected chi connectivity index (χ2v) is 7.19. The minimum Gasteiger partial charge on any atom is -0.330 e. The summed E-state index contributed by atoms with van der Waals surface area (Å²) in [5.74, 6) is 0.0465. The largest absolute Gasteiger partial charge is 0.330 e. The Labute approximate surface area is 153 Å². The van der Waals surface area contributed by atoms with Gasteiger partial charge in [-0.2, -0.15) is 0 Å². The summed E-state index contributed by atoms with van der Waals surface area (Å²) < 4.78 is 0. The second-order valence-electron chi connectivity index (χ2n) is 6.25. The van der Waals surface area contributed by atoms with Gasteiger partial charge < -0.3 is 10.6 Å². The third kappa shape index (κ3) is 4.35. The van der Waals surface area contributed by atoms with Crippen LogP contribution in [0.5, 0.6) is 0 Å². The molecule has 1 aliphatic carbocycles. The first-order valence-electron chi connectivity index (χ1n) is 8.10. The van der Waals surface area contributed by atoms with Crippen LogP contribution in [0, 0.1) is 13.8 Å². The summed E-state index contributed by atoms with van der Waals surface area (Å²) in [6, 6.07) is 6.79. The topological polar surface area (TPSA) is 59.2 Å². The maximum absolute atomic E-state index is 12.8. The van der Waals surface area contributed by atoms with Crippen molar-refractivity contribution < 1.29 is 4.79 Å². The van der Waals surface area contributed by atoms with E-state index in [1.165, 1.54) is 28.0 Å². The maximum Gasteiger partial charge on any atom is 0.273 e. The lowest BCUT2D eigenvalue weighted by Gasteiger charge is -2.22. The molecule has 0 unspecified atom stereocenters. The molecule has 0 saturated heterocycles. The average molecular weight is 366 g/mol. The Hall–Kier alpha value is -1.43. The lowest BCUT2D eigenvalue weighted by atomic mass is 10.1. The summed E-state index contributed by atoms with van der Waals surface area (Å²) in [7, 11) is 0. The molecule has 0 bridgehead atoms. The first kappa shape index (κ1) is 18.9. The highest BCUT2D eigenvalue weighted by Gasteiger charge is 2.34. The smallest absolute Gasteiger partial charge is 0.273 e. The van der Waals surface area contributed by atoms with Crippen molar-refractivity contribution >= 4 is 29.7 Å². The molecule has 6 heteroatoms. The van der Waals surface area contributed by atoms with Crippen LogP contribution < -0.4 is 5.73 Å². The Morgan fingerprint density at radius 3 is 2.71 bits per heavy atom. The molecule has 2 aromatic rings. The molecular formula is C18H24ClN3OS. The van der Waals surface area contributed by atoms with E-state index in [0.717, 1.165) is 24.3 Å². The number of thiazole rings is 1. The normalized spacial score (nSPS) is 13.5. The second kappa shape index (κ2) is 8.10. The number of rotatable bonds is 6. The number of halogens is 1. The van der Waals surface area contributed by atoms with Gasteiger partial charge in [0.2, 0.25) is 0 Å². The zero-order valence-electron chi connectivity index (χ0n) is 14.1. The number of hydrogen-bond donors (Lipinski definition) is 1. The molecule has 130 valence electrons. The van der Waals surface area contributed by atoms with Gasteiger partial charge in [-0.15, -0.1) is 23.7 Å². The van der Waals surface area contributed by atoms with Crippen molar-refractivity contribution in [2.24, 2.45) is 5.73 Å². The Bertz CT molecular complexity index is 712. The van der Waals surface area contributed by atoms with Gasteiger partial charge in [0.1, 0.15) is 5.69 Å². The molecule has 1 heterocycles. The number of nitrogens with zero attached hydrogens (tertiary/aromatic N) is 2. The molecule has 0 spiro atoms. The van der Waals surface area contributed by atoms with E-state index in [1.54, 1.807) is 0 Å². The zero-order chi connectivity index (χ0) is 16.4. The molecule has 1 aromatic heterocycles. The minimum absolute atomic E-state index is 0. The molecule has 1 aromatic carbocycles. The van der Waals surface area contributed by atoms with Crippen molar-refractivity contribution in [3.05, 3.63) is 51.0 Å². The molecule has 2 N–H and O–H groups in total. The van der Waals surface area contributed by atoms with Gasteiger partial charge >= 0.3 is 0 Å². The van der Waals surface area contributed by atoms with Crippen LogP contribution in [-0.4, -0.2) is 28.4 Å². The summed E-state index contributed by atoms with van der Waals surface area (Å²) >= 11 is 1.52. The van der Waals surface area contributed by atoms with Gasteiger partial charge in [0.25, 0.3) is 5.91 Å². The van der Waals surface area contributed by atoms with Crippen molar-refractivity contribution in [1.29, 1.82) is 0 Å². The number of aryl methyl sites for hydroxylation is 2. The lowest BCUT2D eigenvalue weighted by molar-refractivity contribution is 0.0724. The number of carbonyl (C=O) groups excluding carboxylic acids is 1. The highest BCUT2D eigenvalue weighted by Crippen LogP contribution is 2.30. The summed E-state index contributed by atoms with van der Waals surface area (Å²) in [6.07, 6.45) is 2.92. The third-order valence-electron chi connectivity index (χ3n) is 4.30. The Morgan fingerprint density at radius 1 is 1.33 bits per heavy atom. The molecule has 0 radical (unpaired) electrons. The van der Waals surface area contributed by atoms with E-state index in [2.05, 4.69) is 37.0 Å². The van der Waals surface area contributed by atoms with Crippen LogP contribution in [0.4, 0.5) is 0 Å². The monoisotopic (exact) mass is 365 g/mol. The van der Waals surface area contributed by atoms with E-state index in [0.29, 0.717) is 24.8 Å². The number of aromatic nitrogens is 1. The van der Waals surface area contributed by atoms with Gasteiger partial charge in [0.15, 0.2) is 0 Å². The molecule has 0 aliphatic heterocycles. The summed E-state index contributed by atoms with van der Waals surface area (Å²) in [4.78, 5) is 19.3. The number of carbonyl (C=O) groups is 1. The molecule has 1 saturated carbocycles. The van der Waals surface area contributed by atoms with Crippen molar-refractivity contribution in [2.45, 2.75) is 45.7 Å². The van der Waals surface area contributed by atoms with Crippen molar-refractivity contribution in [3.63, 3.8) is 0 Å². The zero-order valence-corrected chi connectivity index (χ0v) is 15.8. The SMILES string of the molecule is Cc1ccc(CN(C(=O)c2csc(CCN)n2)C2CC2)cc1C.Cl. The highest BCUT2D eigenvalue weighted by atomic mass is 35.5. The summed E-state index contributed by atoms with van der Waals surface area (Å²) in [5, 5.41) is 2.81. The highest BCUT2D eigenvalue weighted by molar-refractivity contribution is 7.09. The van der Waals surface area contributed by atoms with E-state index < -0.39 is 0 Å². The Morgan fingerprint density at radius 2 is 2.08 bits per heavy atom. The van der Waals surface area contributed by atoms with E-state index in [-0.39, 0.29) is 18.3 Å². The van der Waals surface area contributed by atoms with E-state index in [4.69, 9.17) is 5.73 Å².